The Balaban J connectivity index is 1.39. The lowest BCUT2D eigenvalue weighted by Crippen LogP contribution is -2.13. The lowest BCUT2D eigenvalue weighted by molar-refractivity contribution is 0.0995. The Hall–Kier alpha value is -4.13. The predicted octanol–water partition coefficient (Wildman–Crippen LogP) is 5.00. The van der Waals surface area contributed by atoms with E-state index in [1.807, 2.05) is 24.3 Å². The molecule has 0 aliphatic heterocycles. The van der Waals surface area contributed by atoms with Crippen molar-refractivity contribution in [3.8, 4) is 11.3 Å². The molecule has 7 heteroatoms. The van der Waals surface area contributed by atoms with E-state index in [0.717, 1.165) is 12.0 Å². The molecule has 0 bridgehead atoms. The molecule has 4 aromatic rings. The van der Waals surface area contributed by atoms with Crippen LogP contribution in [0.1, 0.15) is 33.4 Å². The summed E-state index contributed by atoms with van der Waals surface area (Å²) in [5.74, 6) is -0.242. The first kappa shape index (κ1) is 19.2. The van der Waals surface area contributed by atoms with Crippen molar-refractivity contribution >= 4 is 23.4 Å². The van der Waals surface area contributed by atoms with Crippen molar-refractivity contribution in [2.24, 2.45) is 0 Å². The third-order valence-corrected chi connectivity index (χ3v) is 4.55. The van der Waals surface area contributed by atoms with E-state index in [-0.39, 0.29) is 23.5 Å². The lowest BCUT2D eigenvalue weighted by Gasteiger charge is -2.05. The Morgan fingerprint density at radius 1 is 0.933 bits per heavy atom. The summed E-state index contributed by atoms with van der Waals surface area (Å²) in [6.07, 6.45) is 2.39. The molecule has 2 amide bonds. The van der Waals surface area contributed by atoms with Crippen molar-refractivity contribution in [2.75, 3.05) is 10.6 Å². The van der Waals surface area contributed by atoms with Crippen LogP contribution in [-0.2, 0) is 6.42 Å². The number of hydrogen-bond donors (Lipinski definition) is 2. The van der Waals surface area contributed by atoms with Gasteiger partial charge in [0.1, 0.15) is 5.69 Å². The maximum Gasteiger partial charge on any atom is 0.291 e. The van der Waals surface area contributed by atoms with Crippen LogP contribution >= 0.6 is 0 Å². The fourth-order valence-electron chi connectivity index (χ4n) is 2.87. The molecule has 0 aliphatic carbocycles. The first-order valence-electron chi connectivity index (χ1n) is 9.44. The van der Waals surface area contributed by atoms with E-state index in [1.165, 1.54) is 11.8 Å². The van der Waals surface area contributed by atoms with Crippen LogP contribution in [0.3, 0.4) is 0 Å². The second-order valence-electron chi connectivity index (χ2n) is 6.59. The second-order valence-corrected chi connectivity index (χ2v) is 6.59. The van der Waals surface area contributed by atoms with Crippen LogP contribution < -0.4 is 10.6 Å². The topological polar surface area (TPSA) is 97.4 Å². The third-order valence-electron chi connectivity index (χ3n) is 4.55. The SMILES string of the molecule is CCc1ccc(-c2cc(NC(=O)c3ccc(NC(=O)c4ccco4)cc3)on2)cc1. The van der Waals surface area contributed by atoms with Crippen molar-refractivity contribution in [1.82, 2.24) is 5.16 Å². The van der Waals surface area contributed by atoms with Crippen LogP contribution in [0.4, 0.5) is 11.6 Å². The predicted molar refractivity (Wildman–Crippen MR) is 112 cm³/mol. The summed E-state index contributed by atoms with van der Waals surface area (Å²) in [5, 5.41) is 9.39. The number of nitrogens with zero attached hydrogens (tertiary/aromatic N) is 1. The van der Waals surface area contributed by atoms with Crippen molar-refractivity contribution < 1.29 is 18.5 Å². The number of benzene rings is 2. The van der Waals surface area contributed by atoms with E-state index in [0.29, 0.717) is 16.9 Å². The third kappa shape index (κ3) is 4.30. The molecule has 0 fully saturated rings. The molecule has 2 N–H and O–H groups in total. The first-order valence-corrected chi connectivity index (χ1v) is 9.44. The van der Waals surface area contributed by atoms with Gasteiger partial charge in [0.15, 0.2) is 5.76 Å². The molecule has 0 saturated heterocycles. The van der Waals surface area contributed by atoms with Gasteiger partial charge in [0.05, 0.1) is 6.26 Å². The standard InChI is InChI=1S/C23H19N3O4/c1-2-15-5-7-16(8-6-15)19-14-21(30-26-19)25-22(27)17-9-11-18(12-10-17)24-23(28)20-4-3-13-29-20/h3-14H,2H2,1H3,(H,24,28)(H,25,27). The van der Waals surface area contributed by atoms with Crippen molar-refractivity contribution in [3.63, 3.8) is 0 Å². The summed E-state index contributed by atoms with van der Waals surface area (Å²) in [6, 6.07) is 19.4. The maximum atomic E-state index is 12.5. The van der Waals surface area contributed by atoms with E-state index in [9.17, 15) is 9.59 Å². The lowest BCUT2D eigenvalue weighted by atomic mass is 10.1. The Bertz CT molecular complexity index is 1140. The zero-order valence-corrected chi connectivity index (χ0v) is 16.2. The number of aromatic nitrogens is 1. The Labute approximate surface area is 172 Å². The number of carbonyl (C=O) groups excluding carboxylic acids is 2. The molecule has 7 nitrogen and oxygen atoms in total. The molecule has 0 radical (unpaired) electrons. The molecule has 30 heavy (non-hydrogen) atoms. The molecular weight excluding hydrogens is 382 g/mol. The molecule has 0 spiro atoms. The molecule has 0 unspecified atom stereocenters. The van der Waals surface area contributed by atoms with Gasteiger partial charge < -0.3 is 14.3 Å². The number of carbonyl (C=O) groups is 2. The zero-order valence-electron chi connectivity index (χ0n) is 16.2. The van der Waals surface area contributed by atoms with Gasteiger partial charge in [-0.25, -0.2) is 0 Å². The van der Waals surface area contributed by atoms with Crippen molar-refractivity contribution in [1.29, 1.82) is 0 Å². The van der Waals surface area contributed by atoms with Crippen LogP contribution in [0.15, 0.2) is 81.9 Å². The van der Waals surface area contributed by atoms with Gasteiger partial charge in [0.25, 0.3) is 11.8 Å². The average molecular weight is 401 g/mol. The summed E-state index contributed by atoms with van der Waals surface area (Å²) in [6.45, 7) is 2.10. The number of furan rings is 1. The Kier molecular flexibility index (Phi) is 5.43. The fourth-order valence-corrected chi connectivity index (χ4v) is 2.87. The monoisotopic (exact) mass is 401 g/mol. The average Bonchev–Trinajstić information content (AvgIpc) is 3.47. The van der Waals surface area contributed by atoms with Crippen LogP contribution in [0.5, 0.6) is 0 Å². The molecule has 2 aromatic carbocycles. The van der Waals surface area contributed by atoms with Crippen LogP contribution in [-0.4, -0.2) is 17.0 Å². The summed E-state index contributed by atoms with van der Waals surface area (Å²) in [4.78, 5) is 24.4. The van der Waals surface area contributed by atoms with Gasteiger partial charge in [-0.15, -0.1) is 0 Å². The Morgan fingerprint density at radius 3 is 2.37 bits per heavy atom. The number of hydrogen-bond acceptors (Lipinski definition) is 5. The van der Waals surface area contributed by atoms with Crippen LogP contribution in [0.25, 0.3) is 11.3 Å². The van der Waals surface area contributed by atoms with Crippen molar-refractivity contribution in [3.05, 3.63) is 89.9 Å². The largest absolute Gasteiger partial charge is 0.459 e. The number of nitrogens with one attached hydrogen (secondary N) is 2. The number of amides is 2. The summed E-state index contributed by atoms with van der Waals surface area (Å²) >= 11 is 0. The number of aryl methyl sites for hydroxylation is 1. The highest BCUT2D eigenvalue weighted by atomic mass is 16.5. The Morgan fingerprint density at radius 2 is 1.70 bits per heavy atom. The second kappa shape index (κ2) is 8.48. The summed E-state index contributed by atoms with van der Waals surface area (Å²) in [5.41, 5.74) is 3.75. The minimum absolute atomic E-state index is 0.210. The van der Waals surface area contributed by atoms with E-state index >= 15 is 0 Å². The molecule has 0 atom stereocenters. The molecule has 4 rings (SSSR count). The number of rotatable bonds is 6. The molecule has 150 valence electrons. The summed E-state index contributed by atoms with van der Waals surface area (Å²) < 4.78 is 10.3. The van der Waals surface area contributed by atoms with Crippen molar-refractivity contribution in [2.45, 2.75) is 13.3 Å². The van der Waals surface area contributed by atoms with E-state index in [4.69, 9.17) is 8.94 Å². The molecule has 2 aromatic heterocycles. The molecule has 2 heterocycles. The van der Waals surface area contributed by atoms with E-state index < -0.39 is 0 Å². The highest BCUT2D eigenvalue weighted by molar-refractivity contribution is 6.05. The van der Waals surface area contributed by atoms with Gasteiger partial charge >= 0.3 is 0 Å². The quantitative estimate of drug-likeness (QED) is 0.474. The normalized spacial score (nSPS) is 10.6. The number of anilines is 2. The minimum atomic E-state index is -0.363. The van der Waals surface area contributed by atoms with Gasteiger partial charge in [-0.3, -0.25) is 14.9 Å². The van der Waals surface area contributed by atoms with Gasteiger partial charge in [-0.2, -0.15) is 0 Å². The van der Waals surface area contributed by atoms with Gasteiger partial charge in [-0.1, -0.05) is 36.3 Å². The van der Waals surface area contributed by atoms with E-state index in [2.05, 4.69) is 22.7 Å². The highest BCUT2D eigenvalue weighted by Gasteiger charge is 2.13. The first-order chi connectivity index (χ1) is 14.6. The van der Waals surface area contributed by atoms with Gasteiger partial charge in [-0.05, 0) is 48.4 Å². The molecular formula is C23H19N3O4. The van der Waals surface area contributed by atoms with Gasteiger partial charge in [0, 0.05) is 22.9 Å². The maximum absolute atomic E-state index is 12.5. The fraction of sp³-hybridized carbons (Fsp3) is 0.0870. The van der Waals surface area contributed by atoms with E-state index in [1.54, 1.807) is 42.5 Å². The zero-order chi connectivity index (χ0) is 20.9. The van der Waals surface area contributed by atoms with Crippen LogP contribution in [0, 0.1) is 0 Å². The van der Waals surface area contributed by atoms with Gasteiger partial charge in [0.2, 0.25) is 5.88 Å². The summed E-state index contributed by atoms with van der Waals surface area (Å²) in [7, 11) is 0. The molecule has 0 aliphatic rings. The van der Waals surface area contributed by atoms with Crippen LogP contribution in [0.2, 0.25) is 0 Å². The smallest absolute Gasteiger partial charge is 0.291 e. The highest BCUT2D eigenvalue weighted by Crippen LogP contribution is 2.23. The molecule has 0 saturated carbocycles. The minimum Gasteiger partial charge on any atom is -0.459 e.